The van der Waals surface area contributed by atoms with E-state index in [2.05, 4.69) is 6.07 Å². The van der Waals surface area contributed by atoms with Crippen LogP contribution in [0, 0.1) is 16.2 Å². The summed E-state index contributed by atoms with van der Waals surface area (Å²) in [4.78, 5) is 15.4. The molecule has 0 aliphatic carbocycles. The number of hydrogen-bond acceptors (Lipinski definition) is 4. The summed E-state index contributed by atoms with van der Waals surface area (Å²) in [6.45, 7) is 1.74. The van der Waals surface area contributed by atoms with Crippen LogP contribution in [0.5, 0.6) is 0 Å². The van der Waals surface area contributed by atoms with Crippen molar-refractivity contribution >= 4 is 17.1 Å². The minimum absolute atomic E-state index is 0.0319. The van der Waals surface area contributed by atoms with Gasteiger partial charge in [-0.05, 0) is 24.3 Å². The van der Waals surface area contributed by atoms with Crippen LogP contribution in [0.2, 0.25) is 0 Å². The van der Waals surface area contributed by atoms with Crippen LogP contribution in [0.3, 0.4) is 0 Å². The summed E-state index contributed by atoms with van der Waals surface area (Å²) in [7, 11) is 0. The van der Waals surface area contributed by atoms with Gasteiger partial charge in [-0.25, -0.2) is 0 Å². The number of hydrogen-bond donors (Lipinski definition) is 1. The molecule has 6 nitrogen and oxygen atoms in total. The molecule has 9 heteroatoms. The average molecular weight is 400 g/mol. The highest BCUT2D eigenvalue weighted by Gasteiger charge is 2.47. The smallest absolute Gasteiger partial charge is 0.366 e. The maximum atomic E-state index is 13.1. The number of nitrogens with zero attached hydrogens (tertiary/aromatic N) is 4. The van der Waals surface area contributed by atoms with Crippen LogP contribution in [0.4, 0.5) is 18.9 Å². The van der Waals surface area contributed by atoms with Crippen LogP contribution in [0.1, 0.15) is 22.3 Å². The molecule has 0 radical (unpaired) electrons. The largest absolute Gasteiger partial charge is 0.416 e. The standard InChI is InChI=1S/C20H17F3N5O/c21-20(22,23)15-5-6-16-17(11-15)28(29)27-10-9-26(8-7-24)18(19(16)27)14-3-1-13(12-25)2-4-14/h1-6,11H,7-10,24H2/q+1. The van der Waals surface area contributed by atoms with Crippen LogP contribution in [0.15, 0.2) is 42.5 Å². The van der Waals surface area contributed by atoms with E-state index < -0.39 is 11.7 Å². The number of nitrogens with two attached hydrogens (primary N) is 1. The van der Waals surface area contributed by atoms with Crippen molar-refractivity contribution in [1.82, 2.24) is 9.91 Å². The van der Waals surface area contributed by atoms with E-state index in [0.29, 0.717) is 53.6 Å². The molecule has 2 N–H and O–H groups in total. The van der Waals surface area contributed by atoms with Gasteiger partial charge in [-0.3, -0.25) is 0 Å². The Hall–Kier alpha value is -3.38. The van der Waals surface area contributed by atoms with Crippen LogP contribution in [-0.2, 0) is 6.18 Å². The molecule has 0 saturated heterocycles. The lowest BCUT2D eigenvalue weighted by Crippen LogP contribution is -2.42. The third kappa shape index (κ3) is 3.11. The quantitative estimate of drug-likeness (QED) is 0.800. The van der Waals surface area contributed by atoms with E-state index >= 15 is 0 Å². The third-order valence-corrected chi connectivity index (χ3v) is 5.07. The third-order valence-electron chi connectivity index (χ3n) is 5.07. The number of alkyl halides is 3. The van der Waals surface area contributed by atoms with Crippen molar-refractivity contribution in [2.45, 2.75) is 6.18 Å². The molecule has 148 valence electrons. The zero-order valence-electron chi connectivity index (χ0n) is 15.3. The van der Waals surface area contributed by atoms with Gasteiger partial charge in [0, 0.05) is 31.3 Å². The van der Waals surface area contributed by atoms with Crippen molar-refractivity contribution in [3.8, 4) is 6.07 Å². The van der Waals surface area contributed by atoms with E-state index in [1.54, 1.807) is 24.3 Å². The van der Waals surface area contributed by atoms with Crippen LogP contribution >= 0.6 is 0 Å². The topological polar surface area (TPSA) is 76.4 Å². The van der Waals surface area contributed by atoms with Gasteiger partial charge in [0.2, 0.25) is 0 Å². The first-order chi connectivity index (χ1) is 13.8. The van der Waals surface area contributed by atoms with E-state index in [0.717, 1.165) is 17.7 Å². The first-order valence-corrected chi connectivity index (χ1v) is 9.01. The lowest BCUT2D eigenvalue weighted by atomic mass is 9.99. The summed E-state index contributed by atoms with van der Waals surface area (Å²) in [6.07, 6.45) is -4.53. The Bertz CT molecular complexity index is 1050. The molecule has 0 aromatic heterocycles. The number of hydrazine groups is 1. The van der Waals surface area contributed by atoms with E-state index in [1.807, 2.05) is 4.90 Å². The highest BCUT2D eigenvalue weighted by Crippen LogP contribution is 2.46. The number of nitriles is 1. The SMILES string of the molecule is N#Cc1ccc(C2=C3c4ccc(C(F)(F)F)cc4[N+](=O)N3CCN2CCN)cc1. The fourth-order valence-electron chi connectivity index (χ4n) is 3.76. The van der Waals surface area contributed by atoms with Gasteiger partial charge in [0.1, 0.15) is 12.2 Å². The lowest BCUT2D eigenvalue weighted by molar-refractivity contribution is -0.612. The second-order valence-electron chi connectivity index (χ2n) is 6.79. The zero-order chi connectivity index (χ0) is 20.8. The van der Waals surface area contributed by atoms with Gasteiger partial charge < -0.3 is 10.6 Å². The molecule has 0 fully saturated rings. The van der Waals surface area contributed by atoms with Gasteiger partial charge in [-0.15, -0.1) is 0 Å². The van der Waals surface area contributed by atoms with E-state index in [4.69, 9.17) is 11.0 Å². The summed E-state index contributed by atoms with van der Waals surface area (Å²) >= 11 is 0. The van der Waals surface area contributed by atoms with Crippen molar-refractivity contribution in [2.75, 3.05) is 26.2 Å². The molecule has 2 heterocycles. The molecule has 0 unspecified atom stereocenters. The fraction of sp³-hybridized carbons (Fsp3) is 0.250. The normalized spacial score (nSPS) is 16.0. The summed E-state index contributed by atoms with van der Waals surface area (Å²) in [6, 6.07) is 12.1. The first kappa shape index (κ1) is 19.0. The molecule has 29 heavy (non-hydrogen) atoms. The molecule has 0 atom stereocenters. The Balaban J connectivity index is 1.93. The first-order valence-electron chi connectivity index (χ1n) is 9.01. The van der Waals surface area contributed by atoms with E-state index in [9.17, 15) is 18.1 Å². The Morgan fingerprint density at radius 3 is 2.45 bits per heavy atom. The highest BCUT2D eigenvalue weighted by molar-refractivity contribution is 5.93. The second-order valence-corrected chi connectivity index (χ2v) is 6.79. The summed E-state index contributed by atoms with van der Waals surface area (Å²) in [5.74, 6) is 0. The number of benzene rings is 2. The monoisotopic (exact) mass is 400 g/mol. The molecule has 0 bridgehead atoms. The molecule has 0 spiro atoms. The molecular weight excluding hydrogens is 383 g/mol. The number of nitroso groups, excluding NO2 is 1. The molecule has 2 aliphatic rings. The second kappa shape index (κ2) is 6.90. The van der Waals surface area contributed by atoms with Gasteiger partial charge in [-0.2, -0.15) is 18.4 Å². The summed E-state index contributed by atoms with van der Waals surface area (Å²) in [5, 5.41) is 10.5. The number of halogens is 3. The maximum absolute atomic E-state index is 13.1. The molecule has 2 aromatic rings. The Morgan fingerprint density at radius 2 is 1.83 bits per heavy atom. The van der Waals surface area contributed by atoms with Crippen LogP contribution in [0.25, 0.3) is 11.4 Å². The Morgan fingerprint density at radius 1 is 1.10 bits per heavy atom. The van der Waals surface area contributed by atoms with Gasteiger partial charge in [-0.1, -0.05) is 17.1 Å². The number of rotatable bonds is 3. The van der Waals surface area contributed by atoms with E-state index in [1.165, 1.54) is 11.1 Å². The minimum Gasteiger partial charge on any atom is -0.366 e. The number of fused-ring (bicyclic) bond motifs is 3. The van der Waals surface area contributed by atoms with E-state index in [-0.39, 0.29) is 5.69 Å². The van der Waals surface area contributed by atoms with Gasteiger partial charge in [0.15, 0.2) is 4.87 Å². The van der Waals surface area contributed by atoms with Gasteiger partial charge in [0.05, 0.1) is 33.4 Å². The van der Waals surface area contributed by atoms with Crippen molar-refractivity contribution in [3.63, 3.8) is 0 Å². The molecule has 2 aromatic carbocycles. The van der Waals surface area contributed by atoms with Crippen molar-refractivity contribution in [3.05, 3.63) is 69.6 Å². The molecule has 0 saturated carbocycles. The van der Waals surface area contributed by atoms with Crippen molar-refractivity contribution in [2.24, 2.45) is 5.73 Å². The van der Waals surface area contributed by atoms with Crippen LogP contribution < -0.4 is 5.73 Å². The van der Waals surface area contributed by atoms with Gasteiger partial charge in [0.25, 0.3) is 0 Å². The predicted molar refractivity (Wildman–Crippen MR) is 100 cm³/mol. The Labute approximate surface area is 164 Å². The lowest BCUT2D eigenvalue weighted by Gasteiger charge is -2.33. The fourth-order valence-corrected chi connectivity index (χ4v) is 3.76. The molecule has 0 amide bonds. The van der Waals surface area contributed by atoms with Crippen molar-refractivity contribution in [1.29, 1.82) is 5.26 Å². The molecule has 4 rings (SSSR count). The minimum atomic E-state index is -4.53. The summed E-state index contributed by atoms with van der Waals surface area (Å²) in [5.41, 5.74) is 7.81. The highest BCUT2D eigenvalue weighted by atomic mass is 19.4. The van der Waals surface area contributed by atoms with Crippen LogP contribution in [-0.4, -0.2) is 41.0 Å². The summed E-state index contributed by atoms with van der Waals surface area (Å²) < 4.78 is 39.4. The Kier molecular flexibility index (Phi) is 4.51. The molecule has 2 aliphatic heterocycles. The van der Waals surface area contributed by atoms with Crippen molar-refractivity contribution < 1.29 is 18.0 Å². The van der Waals surface area contributed by atoms with Gasteiger partial charge >= 0.3 is 11.9 Å². The average Bonchev–Trinajstić information content (AvgIpc) is 2.99. The zero-order valence-corrected chi connectivity index (χ0v) is 15.3. The predicted octanol–water partition coefficient (Wildman–Crippen LogP) is 3.32. The molecular formula is C20H17F3N5O+. The maximum Gasteiger partial charge on any atom is 0.416 e.